The van der Waals surface area contributed by atoms with E-state index in [1.165, 1.54) is 0 Å². The van der Waals surface area contributed by atoms with Crippen LogP contribution in [0.2, 0.25) is 0 Å². The molecule has 0 aromatic heterocycles. The number of carbonyl (C=O) groups is 1. The molecule has 0 saturated heterocycles. The van der Waals surface area contributed by atoms with Gasteiger partial charge < -0.3 is 15.8 Å². The third-order valence-electron chi connectivity index (χ3n) is 3.65. The number of hydrogen-bond acceptors (Lipinski definition) is 3. The molecule has 0 unspecified atom stereocenters. The molecule has 1 amide bonds. The quantitative estimate of drug-likeness (QED) is 0.792. The summed E-state index contributed by atoms with van der Waals surface area (Å²) in [6, 6.07) is 7.44. The summed E-state index contributed by atoms with van der Waals surface area (Å²) < 4.78 is 5.04. The van der Waals surface area contributed by atoms with E-state index in [4.69, 9.17) is 10.5 Å². The van der Waals surface area contributed by atoms with Crippen LogP contribution in [0.3, 0.4) is 0 Å². The average Bonchev–Trinajstić information content (AvgIpc) is 2.46. The van der Waals surface area contributed by atoms with Gasteiger partial charge in [0.15, 0.2) is 0 Å². The molecule has 19 heavy (non-hydrogen) atoms. The molecule has 3 N–H and O–H groups in total. The monoisotopic (exact) mass is 264 g/mol. The van der Waals surface area contributed by atoms with Crippen LogP contribution in [0.4, 0.5) is 0 Å². The zero-order chi connectivity index (χ0) is 14.3. The van der Waals surface area contributed by atoms with Gasteiger partial charge >= 0.3 is 0 Å². The molecular formula is C15H24N2O2. The summed E-state index contributed by atoms with van der Waals surface area (Å²) in [5.41, 5.74) is 7.19. The second kappa shape index (κ2) is 7.26. The van der Waals surface area contributed by atoms with Crippen molar-refractivity contribution < 1.29 is 9.53 Å². The minimum absolute atomic E-state index is 0.0712. The summed E-state index contributed by atoms with van der Waals surface area (Å²) in [6.45, 7) is 5.09. The molecule has 1 aromatic rings. The van der Waals surface area contributed by atoms with E-state index < -0.39 is 0 Å². The van der Waals surface area contributed by atoms with Crippen LogP contribution in [-0.4, -0.2) is 25.1 Å². The van der Waals surface area contributed by atoms with Gasteiger partial charge in [0.2, 0.25) is 0 Å². The normalized spacial score (nSPS) is 11.4. The van der Waals surface area contributed by atoms with E-state index in [-0.39, 0.29) is 11.4 Å². The van der Waals surface area contributed by atoms with Crippen LogP contribution >= 0.6 is 0 Å². The Kier molecular flexibility index (Phi) is 5.99. The molecule has 0 radical (unpaired) electrons. The zero-order valence-corrected chi connectivity index (χ0v) is 12.0. The molecule has 0 aliphatic rings. The lowest BCUT2D eigenvalue weighted by molar-refractivity contribution is 0.0895. The summed E-state index contributed by atoms with van der Waals surface area (Å²) in [6.07, 6.45) is 1.65. The summed E-state index contributed by atoms with van der Waals surface area (Å²) >= 11 is 0. The van der Waals surface area contributed by atoms with Crippen molar-refractivity contribution in [3.8, 4) is 0 Å². The highest BCUT2D eigenvalue weighted by atomic mass is 16.5. The van der Waals surface area contributed by atoms with Crippen molar-refractivity contribution >= 4 is 5.91 Å². The molecule has 106 valence electrons. The molecule has 1 rings (SSSR count). The van der Waals surface area contributed by atoms with Gasteiger partial charge in [-0.1, -0.05) is 26.0 Å². The first-order chi connectivity index (χ1) is 9.10. The van der Waals surface area contributed by atoms with Gasteiger partial charge in [-0.15, -0.1) is 0 Å². The first-order valence-electron chi connectivity index (χ1n) is 6.71. The predicted octanol–water partition coefficient (Wildman–Crippen LogP) is 2.08. The Morgan fingerprint density at radius 1 is 1.26 bits per heavy atom. The van der Waals surface area contributed by atoms with Gasteiger partial charge in [-0.3, -0.25) is 4.79 Å². The molecule has 0 aliphatic heterocycles. The first-order valence-corrected chi connectivity index (χ1v) is 6.71. The van der Waals surface area contributed by atoms with Crippen molar-refractivity contribution in [1.29, 1.82) is 0 Å². The van der Waals surface area contributed by atoms with Crippen LogP contribution in [-0.2, 0) is 11.3 Å². The Hall–Kier alpha value is -1.39. The Balaban J connectivity index is 2.77. The molecule has 0 bridgehead atoms. The molecule has 0 heterocycles. The van der Waals surface area contributed by atoms with E-state index in [2.05, 4.69) is 5.32 Å². The zero-order valence-electron chi connectivity index (χ0n) is 12.0. The third kappa shape index (κ3) is 4.04. The maximum atomic E-state index is 12.2. The fourth-order valence-corrected chi connectivity index (χ4v) is 2.00. The molecule has 0 spiro atoms. The second-order valence-corrected chi connectivity index (χ2v) is 4.78. The van der Waals surface area contributed by atoms with Crippen molar-refractivity contribution in [2.45, 2.75) is 38.8 Å². The molecule has 4 heteroatoms. The highest BCUT2D eigenvalue weighted by molar-refractivity contribution is 5.94. The smallest absolute Gasteiger partial charge is 0.251 e. The molecular weight excluding hydrogens is 240 g/mol. The number of hydrogen-bond donors (Lipinski definition) is 2. The van der Waals surface area contributed by atoms with Crippen LogP contribution in [0.5, 0.6) is 0 Å². The number of carbonyl (C=O) groups excluding carboxylic acids is 1. The van der Waals surface area contributed by atoms with Crippen molar-refractivity contribution in [2.75, 3.05) is 13.7 Å². The number of amides is 1. The summed E-state index contributed by atoms with van der Waals surface area (Å²) in [5, 5.41) is 3.05. The lowest BCUT2D eigenvalue weighted by Gasteiger charge is -2.31. The Morgan fingerprint density at radius 2 is 1.84 bits per heavy atom. The number of benzene rings is 1. The molecule has 0 fully saturated rings. The standard InChI is InChI=1S/C15H24N2O2/c1-4-15(5-2,11-16)17-14(18)13-8-6-12(7-9-13)10-19-3/h6-9H,4-5,10-11,16H2,1-3H3,(H,17,18). The van der Waals surface area contributed by atoms with Gasteiger partial charge in [-0.2, -0.15) is 0 Å². The number of methoxy groups -OCH3 is 1. The minimum atomic E-state index is -0.303. The third-order valence-corrected chi connectivity index (χ3v) is 3.65. The highest BCUT2D eigenvalue weighted by Gasteiger charge is 2.26. The predicted molar refractivity (Wildman–Crippen MR) is 77.0 cm³/mol. The van der Waals surface area contributed by atoms with Crippen molar-refractivity contribution in [3.05, 3.63) is 35.4 Å². The van der Waals surface area contributed by atoms with E-state index in [1.54, 1.807) is 7.11 Å². The van der Waals surface area contributed by atoms with Gasteiger partial charge in [-0.25, -0.2) is 0 Å². The Bertz CT molecular complexity index is 389. The van der Waals surface area contributed by atoms with Crippen LogP contribution in [0, 0.1) is 0 Å². The number of rotatable bonds is 7. The van der Waals surface area contributed by atoms with E-state index in [0.717, 1.165) is 18.4 Å². The maximum absolute atomic E-state index is 12.2. The Labute approximate surface area is 115 Å². The number of nitrogens with two attached hydrogens (primary N) is 1. The van der Waals surface area contributed by atoms with Gasteiger partial charge in [0.05, 0.1) is 12.1 Å². The topological polar surface area (TPSA) is 64.3 Å². The highest BCUT2D eigenvalue weighted by Crippen LogP contribution is 2.15. The van der Waals surface area contributed by atoms with Crippen molar-refractivity contribution in [2.24, 2.45) is 5.73 Å². The lowest BCUT2D eigenvalue weighted by atomic mass is 9.92. The average molecular weight is 264 g/mol. The molecule has 0 saturated carbocycles. The molecule has 0 atom stereocenters. The van der Waals surface area contributed by atoms with Gasteiger partial charge in [0.1, 0.15) is 0 Å². The van der Waals surface area contributed by atoms with Crippen LogP contribution in [0.15, 0.2) is 24.3 Å². The number of nitrogens with one attached hydrogen (secondary N) is 1. The fraction of sp³-hybridized carbons (Fsp3) is 0.533. The van der Waals surface area contributed by atoms with E-state index >= 15 is 0 Å². The van der Waals surface area contributed by atoms with Crippen LogP contribution < -0.4 is 11.1 Å². The fourth-order valence-electron chi connectivity index (χ4n) is 2.00. The largest absolute Gasteiger partial charge is 0.380 e. The maximum Gasteiger partial charge on any atom is 0.251 e. The van der Waals surface area contributed by atoms with Crippen molar-refractivity contribution in [3.63, 3.8) is 0 Å². The molecule has 0 aliphatic carbocycles. The van der Waals surface area contributed by atoms with Crippen LogP contribution in [0.25, 0.3) is 0 Å². The minimum Gasteiger partial charge on any atom is -0.380 e. The molecule has 4 nitrogen and oxygen atoms in total. The van der Waals surface area contributed by atoms with Crippen LogP contribution in [0.1, 0.15) is 42.6 Å². The Morgan fingerprint density at radius 3 is 2.26 bits per heavy atom. The van der Waals surface area contributed by atoms with Gasteiger partial charge in [0, 0.05) is 19.2 Å². The number of ether oxygens (including phenoxy) is 1. The van der Waals surface area contributed by atoms with Gasteiger partial charge in [-0.05, 0) is 30.5 Å². The van der Waals surface area contributed by atoms with Crippen molar-refractivity contribution in [1.82, 2.24) is 5.32 Å². The molecule has 1 aromatic carbocycles. The summed E-state index contributed by atoms with van der Waals surface area (Å²) in [7, 11) is 1.65. The van der Waals surface area contributed by atoms with Gasteiger partial charge in [0.25, 0.3) is 5.91 Å². The summed E-state index contributed by atoms with van der Waals surface area (Å²) in [5.74, 6) is -0.0712. The first kappa shape index (κ1) is 15.7. The summed E-state index contributed by atoms with van der Waals surface area (Å²) in [4.78, 5) is 12.2. The van der Waals surface area contributed by atoms with E-state index in [1.807, 2.05) is 38.1 Å². The van der Waals surface area contributed by atoms with E-state index in [0.29, 0.717) is 18.7 Å². The van der Waals surface area contributed by atoms with E-state index in [9.17, 15) is 4.79 Å². The second-order valence-electron chi connectivity index (χ2n) is 4.78. The lowest BCUT2D eigenvalue weighted by Crippen LogP contribution is -2.52. The SMILES string of the molecule is CCC(CC)(CN)NC(=O)c1ccc(COC)cc1.